The Balaban J connectivity index is 2.89. The summed E-state index contributed by atoms with van der Waals surface area (Å²) in [5.74, 6) is -0.533. The standard InChI is InChI=1S/C12H16N2O3/c1-3-11(15)14(7-5-12(16)17)10-8-9(2)4-6-13-10/h4,6,8H,3,5,7H2,1-2H3,(H,16,17). The lowest BCUT2D eigenvalue weighted by Gasteiger charge is -2.20. The Morgan fingerprint density at radius 2 is 2.18 bits per heavy atom. The van der Waals surface area contributed by atoms with Crippen LogP contribution in [0.1, 0.15) is 25.3 Å². The number of amides is 1. The molecule has 1 amide bonds. The molecule has 1 aromatic rings. The number of carbonyl (C=O) groups excluding carboxylic acids is 1. The Labute approximate surface area is 100 Å². The zero-order chi connectivity index (χ0) is 12.8. The van der Waals surface area contributed by atoms with Crippen molar-refractivity contribution in [2.75, 3.05) is 11.4 Å². The van der Waals surface area contributed by atoms with Gasteiger partial charge in [-0.2, -0.15) is 0 Å². The Morgan fingerprint density at radius 3 is 2.71 bits per heavy atom. The van der Waals surface area contributed by atoms with Gasteiger partial charge in [-0.05, 0) is 24.6 Å². The van der Waals surface area contributed by atoms with Crippen molar-refractivity contribution in [2.24, 2.45) is 0 Å². The number of carbonyl (C=O) groups is 2. The molecule has 0 aliphatic carbocycles. The van der Waals surface area contributed by atoms with Gasteiger partial charge in [0.25, 0.3) is 0 Å². The topological polar surface area (TPSA) is 70.5 Å². The van der Waals surface area contributed by atoms with Crippen molar-refractivity contribution in [1.82, 2.24) is 4.98 Å². The fourth-order valence-electron chi connectivity index (χ4n) is 1.43. The van der Waals surface area contributed by atoms with Crippen LogP contribution in [-0.2, 0) is 9.59 Å². The van der Waals surface area contributed by atoms with E-state index in [0.29, 0.717) is 12.2 Å². The van der Waals surface area contributed by atoms with Crippen LogP contribution in [0.25, 0.3) is 0 Å². The van der Waals surface area contributed by atoms with E-state index in [1.54, 1.807) is 19.2 Å². The highest BCUT2D eigenvalue weighted by molar-refractivity contribution is 5.92. The maximum Gasteiger partial charge on any atom is 0.305 e. The molecule has 1 N–H and O–H groups in total. The number of hydrogen-bond donors (Lipinski definition) is 1. The SMILES string of the molecule is CCC(=O)N(CCC(=O)O)c1cc(C)ccn1. The normalized spacial score (nSPS) is 10.0. The highest BCUT2D eigenvalue weighted by atomic mass is 16.4. The second-order valence-electron chi connectivity index (χ2n) is 3.73. The third kappa shape index (κ3) is 3.86. The summed E-state index contributed by atoms with van der Waals surface area (Å²) in [7, 11) is 0. The van der Waals surface area contributed by atoms with Crippen LogP contribution < -0.4 is 4.90 Å². The lowest BCUT2D eigenvalue weighted by molar-refractivity contribution is -0.136. The van der Waals surface area contributed by atoms with Crippen molar-refractivity contribution in [3.8, 4) is 0 Å². The molecule has 1 heterocycles. The van der Waals surface area contributed by atoms with E-state index in [9.17, 15) is 9.59 Å². The Hall–Kier alpha value is -1.91. The molecule has 0 bridgehead atoms. The zero-order valence-corrected chi connectivity index (χ0v) is 10.0. The van der Waals surface area contributed by atoms with Gasteiger partial charge in [-0.3, -0.25) is 14.5 Å². The van der Waals surface area contributed by atoms with Gasteiger partial charge in [-0.1, -0.05) is 6.92 Å². The van der Waals surface area contributed by atoms with Crippen LogP contribution in [0.5, 0.6) is 0 Å². The molecule has 0 saturated heterocycles. The van der Waals surface area contributed by atoms with E-state index in [1.165, 1.54) is 4.90 Å². The molecule has 0 radical (unpaired) electrons. The highest BCUT2D eigenvalue weighted by Gasteiger charge is 2.16. The maximum atomic E-state index is 11.7. The molecule has 5 nitrogen and oxygen atoms in total. The number of aromatic nitrogens is 1. The summed E-state index contributed by atoms with van der Waals surface area (Å²) in [4.78, 5) is 27.8. The maximum absolute atomic E-state index is 11.7. The van der Waals surface area contributed by atoms with Crippen LogP contribution in [0.2, 0.25) is 0 Å². The number of pyridine rings is 1. The average molecular weight is 236 g/mol. The molecule has 0 fully saturated rings. The summed E-state index contributed by atoms with van der Waals surface area (Å²) in [6, 6.07) is 3.60. The van der Waals surface area contributed by atoms with E-state index in [-0.39, 0.29) is 18.9 Å². The van der Waals surface area contributed by atoms with Crippen LogP contribution in [0, 0.1) is 6.92 Å². The van der Waals surface area contributed by atoms with Gasteiger partial charge in [0, 0.05) is 19.2 Å². The van der Waals surface area contributed by atoms with E-state index in [4.69, 9.17) is 5.11 Å². The van der Waals surface area contributed by atoms with Gasteiger partial charge in [0.15, 0.2) is 0 Å². The predicted molar refractivity (Wildman–Crippen MR) is 63.9 cm³/mol. The second-order valence-corrected chi connectivity index (χ2v) is 3.73. The first-order valence-electron chi connectivity index (χ1n) is 5.49. The third-order valence-electron chi connectivity index (χ3n) is 2.33. The van der Waals surface area contributed by atoms with Crippen LogP contribution >= 0.6 is 0 Å². The molecule has 0 spiro atoms. The zero-order valence-electron chi connectivity index (χ0n) is 10.0. The fourth-order valence-corrected chi connectivity index (χ4v) is 1.43. The van der Waals surface area contributed by atoms with Crippen molar-refractivity contribution in [2.45, 2.75) is 26.7 Å². The van der Waals surface area contributed by atoms with Gasteiger partial charge in [0.1, 0.15) is 5.82 Å². The third-order valence-corrected chi connectivity index (χ3v) is 2.33. The number of carboxylic acids is 1. The van der Waals surface area contributed by atoms with Crippen molar-refractivity contribution < 1.29 is 14.7 Å². The second kappa shape index (κ2) is 5.98. The summed E-state index contributed by atoms with van der Waals surface area (Å²) < 4.78 is 0. The predicted octanol–water partition coefficient (Wildman–Crippen LogP) is 1.61. The lowest BCUT2D eigenvalue weighted by atomic mass is 10.2. The molecule has 1 aromatic heterocycles. The molecule has 0 unspecified atom stereocenters. The van der Waals surface area contributed by atoms with Crippen molar-refractivity contribution in [3.63, 3.8) is 0 Å². The van der Waals surface area contributed by atoms with Crippen LogP contribution in [0.3, 0.4) is 0 Å². The first kappa shape index (κ1) is 13.2. The van der Waals surface area contributed by atoms with E-state index in [0.717, 1.165) is 5.56 Å². The first-order chi connectivity index (χ1) is 8.04. The van der Waals surface area contributed by atoms with Crippen LogP contribution in [0.15, 0.2) is 18.3 Å². The summed E-state index contributed by atoms with van der Waals surface area (Å²) in [5.41, 5.74) is 0.985. The molecule has 0 aliphatic rings. The average Bonchev–Trinajstić information content (AvgIpc) is 2.28. The molecule has 0 aromatic carbocycles. The molecular weight excluding hydrogens is 220 g/mol. The van der Waals surface area contributed by atoms with Crippen molar-refractivity contribution >= 4 is 17.7 Å². The molecule has 5 heteroatoms. The number of carboxylic acid groups (broad SMARTS) is 1. The van der Waals surface area contributed by atoms with E-state index < -0.39 is 5.97 Å². The number of nitrogens with zero attached hydrogens (tertiary/aromatic N) is 2. The highest BCUT2D eigenvalue weighted by Crippen LogP contribution is 2.13. The Bertz CT molecular complexity index is 418. The van der Waals surface area contributed by atoms with Gasteiger partial charge in [-0.15, -0.1) is 0 Å². The van der Waals surface area contributed by atoms with Crippen molar-refractivity contribution in [1.29, 1.82) is 0 Å². The fraction of sp³-hybridized carbons (Fsp3) is 0.417. The summed E-state index contributed by atoms with van der Waals surface area (Å²) in [5, 5.41) is 8.66. The minimum atomic E-state index is -0.924. The van der Waals surface area contributed by atoms with Gasteiger partial charge in [-0.25, -0.2) is 4.98 Å². The Kier molecular flexibility index (Phi) is 4.63. The summed E-state index contributed by atoms with van der Waals surface area (Å²) >= 11 is 0. The lowest BCUT2D eigenvalue weighted by Crippen LogP contribution is -2.33. The molecule has 92 valence electrons. The van der Waals surface area contributed by atoms with E-state index in [1.807, 2.05) is 13.0 Å². The minimum Gasteiger partial charge on any atom is -0.481 e. The molecule has 0 atom stereocenters. The molecular formula is C12H16N2O3. The minimum absolute atomic E-state index is 0.0820. The van der Waals surface area contributed by atoms with Crippen LogP contribution in [-0.4, -0.2) is 28.5 Å². The van der Waals surface area contributed by atoms with Gasteiger partial charge < -0.3 is 5.11 Å². The molecule has 0 aliphatic heterocycles. The number of aliphatic carboxylic acids is 1. The van der Waals surface area contributed by atoms with Gasteiger partial charge in [0.05, 0.1) is 6.42 Å². The summed E-state index contributed by atoms with van der Waals surface area (Å²) in [6.07, 6.45) is 1.86. The number of aryl methyl sites for hydroxylation is 1. The quantitative estimate of drug-likeness (QED) is 0.843. The Morgan fingerprint density at radius 1 is 1.47 bits per heavy atom. The van der Waals surface area contributed by atoms with Gasteiger partial charge in [0.2, 0.25) is 5.91 Å². The molecule has 1 rings (SSSR count). The number of hydrogen-bond acceptors (Lipinski definition) is 3. The summed E-state index contributed by atoms with van der Waals surface area (Å²) in [6.45, 7) is 3.79. The van der Waals surface area contributed by atoms with E-state index >= 15 is 0 Å². The monoisotopic (exact) mass is 236 g/mol. The smallest absolute Gasteiger partial charge is 0.305 e. The van der Waals surface area contributed by atoms with Crippen LogP contribution in [0.4, 0.5) is 5.82 Å². The molecule has 17 heavy (non-hydrogen) atoms. The first-order valence-corrected chi connectivity index (χ1v) is 5.49. The van der Waals surface area contributed by atoms with E-state index in [2.05, 4.69) is 4.98 Å². The number of anilines is 1. The largest absolute Gasteiger partial charge is 0.481 e. The van der Waals surface area contributed by atoms with Gasteiger partial charge >= 0.3 is 5.97 Å². The van der Waals surface area contributed by atoms with Crippen molar-refractivity contribution in [3.05, 3.63) is 23.9 Å². The number of rotatable bonds is 5. The molecule has 0 saturated carbocycles.